The zero-order chi connectivity index (χ0) is 17.4. The lowest BCUT2D eigenvalue weighted by atomic mass is 10.3. The molecule has 0 saturated carbocycles. The van der Waals surface area contributed by atoms with Crippen molar-refractivity contribution in [2.24, 2.45) is 0 Å². The van der Waals surface area contributed by atoms with Gasteiger partial charge in [-0.15, -0.1) is 0 Å². The third kappa shape index (κ3) is 5.89. The van der Waals surface area contributed by atoms with Crippen LogP contribution in [0.5, 0.6) is 5.75 Å². The number of hydrogen-bond acceptors (Lipinski definition) is 7. The maximum absolute atomic E-state index is 6.07. The van der Waals surface area contributed by atoms with Crippen LogP contribution in [0, 0.1) is 0 Å². The summed E-state index contributed by atoms with van der Waals surface area (Å²) in [6.45, 7) is 5.96. The number of aromatic nitrogens is 3. The van der Waals surface area contributed by atoms with Crippen LogP contribution in [0.2, 0.25) is 10.0 Å². The van der Waals surface area contributed by atoms with Gasteiger partial charge >= 0.3 is 0 Å². The van der Waals surface area contributed by atoms with Crippen molar-refractivity contribution >= 4 is 46.9 Å². The highest BCUT2D eigenvalue weighted by atomic mass is 35.5. The third-order valence-electron chi connectivity index (χ3n) is 2.75. The van der Waals surface area contributed by atoms with E-state index < -0.39 is 0 Å². The predicted octanol–water partition coefficient (Wildman–Crippen LogP) is 4.21. The Labute approximate surface area is 155 Å². The molecule has 24 heavy (non-hydrogen) atoms. The molecular formula is C15H19Cl2N5OS. The molecule has 1 aromatic heterocycles. The Bertz CT molecular complexity index is 650. The van der Waals surface area contributed by atoms with Gasteiger partial charge in [-0.3, -0.25) is 0 Å². The molecule has 130 valence electrons. The number of thioether (sulfide) groups is 1. The van der Waals surface area contributed by atoms with Crippen molar-refractivity contribution < 1.29 is 4.74 Å². The largest absolute Gasteiger partial charge is 0.491 e. The van der Waals surface area contributed by atoms with E-state index in [1.807, 2.05) is 13.8 Å². The van der Waals surface area contributed by atoms with E-state index in [4.69, 9.17) is 27.9 Å². The van der Waals surface area contributed by atoms with Crippen molar-refractivity contribution in [2.75, 3.05) is 36.1 Å². The van der Waals surface area contributed by atoms with Crippen LogP contribution in [0.3, 0.4) is 0 Å². The summed E-state index contributed by atoms with van der Waals surface area (Å²) in [5.74, 6) is 2.42. The molecule has 6 nitrogen and oxygen atoms in total. The molecule has 1 heterocycles. The highest BCUT2D eigenvalue weighted by molar-refractivity contribution is 7.99. The third-order valence-corrected chi connectivity index (χ3v) is 4.09. The first-order chi connectivity index (χ1) is 11.6. The first-order valence-corrected chi connectivity index (χ1v) is 9.31. The van der Waals surface area contributed by atoms with E-state index in [0.29, 0.717) is 45.2 Å². The quantitative estimate of drug-likeness (QED) is 0.492. The minimum Gasteiger partial charge on any atom is -0.491 e. The van der Waals surface area contributed by atoms with Crippen LogP contribution in [0.4, 0.5) is 11.9 Å². The summed E-state index contributed by atoms with van der Waals surface area (Å²) in [5, 5.41) is 7.92. The minimum absolute atomic E-state index is 0.477. The molecule has 0 bridgehead atoms. The molecule has 0 aliphatic rings. The Hall–Kier alpha value is -1.44. The van der Waals surface area contributed by atoms with Crippen molar-refractivity contribution in [1.82, 2.24) is 15.0 Å². The van der Waals surface area contributed by atoms with E-state index in [1.54, 1.807) is 18.2 Å². The van der Waals surface area contributed by atoms with Gasteiger partial charge in [0.05, 0.1) is 11.6 Å². The summed E-state index contributed by atoms with van der Waals surface area (Å²) in [5.41, 5.74) is 0. The van der Waals surface area contributed by atoms with Gasteiger partial charge in [0.2, 0.25) is 11.9 Å². The highest BCUT2D eigenvalue weighted by Gasteiger charge is 2.07. The summed E-state index contributed by atoms with van der Waals surface area (Å²) in [4.78, 5) is 13.0. The van der Waals surface area contributed by atoms with Gasteiger partial charge in [-0.05, 0) is 32.0 Å². The Morgan fingerprint density at radius 3 is 2.29 bits per heavy atom. The molecule has 2 aromatic rings. The molecule has 9 heteroatoms. The fraction of sp³-hybridized carbons (Fsp3) is 0.400. The van der Waals surface area contributed by atoms with Gasteiger partial charge in [0, 0.05) is 23.9 Å². The van der Waals surface area contributed by atoms with Gasteiger partial charge in [-0.25, -0.2) is 0 Å². The monoisotopic (exact) mass is 387 g/mol. The second-order valence-corrected chi connectivity index (χ2v) is 6.50. The lowest BCUT2D eigenvalue weighted by molar-refractivity contribution is 0.344. The van der Waals surface area contributed by atoms with Crippen molar-refractivity contribution in [3.63, 3.8) is 0 Å². The number of halogens is 2. The average Bonchev–Trinajstić information content (AvgIpc) is 2.54. The molecule has 2 N–H and O–H groups in total. The topological polar surface area (TPSA) is 72.0 Å². The predicted molar refractivity (Wildman–Crippen MR) is 101 cm³/mol. The van der Waals surface area contributed by atoms with E-state index in [9.17, 15) is 0 Å². The van der Waals surface area contributed by atoms with E-state index in [2.05, 4.69) is 25.6 Å². The average molecular weight is 388 g/mol. The van der Waals surface area contributed by atoms with Crippen LogP contribution in [-0.4, -0.2) is 40.4 Å². The molecule has 0 aliphatic carbocycles. The number of ether oxygens (including phenoxy) is 1. The van der Waals surface area contributed by atoms with Crippen LogP contribution in [0.25, 0.3) is 0 Å². The molecule has 0 spiro atoms. The molecule has 0 amide bonds. The zero-order valence-electron chi connectivity index (χ0n) is 13.5. The molecular weight excluding hydrogens is 369 g/mol. The first-order valence-electron chi connectivity index (χ1n) is 7.56. The molecule has 0 unspecified atom stereocenters. The molecule has 1 aromatic carbocycles. The summed E-state index contributed by atoms with van der Waals surface area (Å²) in [6.07, 6.45) is 0. The Balaban J connectivity index is 1.91. The number of rotatable bonds is 9. The van der Waals surface area contributed by atoms with E-state index in [-0.39, 0.29) is 0 Å². The second kappa shape index (κ2) is 9.76. The standard InChI is InChI=1S/C15H19Cl2N5OS/c1-3-18-13-20-14(19-4-2)22-15(21-13)24-8-7-23-12-6-5-10(16)9-11(12)17/h5-6,9H,3-4,7-8H2,1-2H3,(H2,18,19,20,21,22). The number of nitrogens with one attached hydrogen (secondary N) is 2. The molecule has 0 saturated heterocycles. The molecule has 0 atom stereocenters. The maximum Gasteiger partial charge on any atom is 0.228 e. The fourth-order valence-electron chi connectivity index (χ4n) is 1.77. The molecule has 2 rings (SSSR count). The minimum atomic E-state index is 0.477. The zero-order valence-corrected chi connectivity index (χ0v) is 15.8. The van der Waals surface area contributed by atoms with Crippen molar-refractivity contribution in [3.8, 4) is 5.75 Å². The van der Waals surface area contributed by atoms with Crippen LogP contribution in [-0.2, 0) is 0 Å². The summed E-state index contributed by atoms with van der Waals surface area (Å²) < 4.78 is 5.66. The van der Waals surface area contributed by atoms with Crippen LogP contribution >= 0.6 is 35.0 Å². The lowest BCUT2D eigenvalue weighted by Crippen LogP contribution is -2.10. The highest BCUT2D eigenvalue weighted by Crippen LogP contribution is 2.27. The number of nitrogens with zero attached hydrogens (tertiary/aromatic N) is 3. The van der Waals surface area contributed by atoms with Crippen molar-refractivity contribution in [1.29, 1.82) is 0 Å². The van der Waals surface area contributed by atoms with Gasteiger partial charge < -0.3 is 15.4 Å². The summed E-state index contributed by atoms with van der Waals surface area (Å²) >= 11 is 13.4. The van der Waals surface area contributed by atoms with Crippen LogP contribution in [0.1, 0.15) is 13.8 Å². The van der Waals surface area contributed by atoms with E-state index in [0.717, 1.165) is 13.1 Å². The smallest absolute Gasteiger partial charge is 0.228 e. The SMILES string of the molecule is CCNc1nc(NCC)nc(SCCOc2ccc(Cl)cc2Cl)n1. The Morgan fingerprint density at radius 1 is 1.04 bits per heavy atom. The first kappa shape index (κ1) is 18.9. The number of anilines is 2. The lowest BCUT2D eigenvalue weighted by Gasteiger charge is -2.09. The van der Waals surface area contributed by atoms with Gasteiger partial charge in [0.25, 0.3) is 0 Å². The maximum atomic E-state index is 6.07. The van der Waals surface area contributed by atoms with Gasteiger partial charge in [-0.1, -0.05) is 35.0 Å². The van der Waals surface area contributed by atoms with Gasteiger partial charge in [-0.2, -0.15) is 15.0 Å². The van der Waals surface area contributed by atoms with Crippen LogP contribution < -0.4 is 15.4 Å². The molecule has 0 fully saturated rings. The van der Waals surface area contributed by atoms with Crippen LogP contribution in [0.15, 0.2) is 23.4 Å². The number of benzene rings is 1. The van der Waals surface area contributed by atoms with Crippen molar-refractivity contribution in [3.05, 3.63) is 28.2 Å². The van der Waals surface area contributed by atoms with Crippen molar-refractivity contribution in [2.45, 2.75) is 19.0 Å². The number of hydrogen-bond donors (Lipinski definition) is 2. The normalized spacial score (nSPS) is 10.5. The summed E-state index contributed by atoms with van der Waals surface area (Å²) in [7, 11) is 0. The van der Waals surface area contributed by atoms with Gasteiger partial charge in [0.1, 0.15) is 5.75 Å². The second-order valence-electron chi connectivity index (χ2n) is 4.60. The Kier molecular flexibility index (Phi) is 7.68. The molecule has 0 radical (unpaired) electrons. The van der Waals surface area contributed by atoms with E-state index >= 15 is 0 Å². The summed E-state index contributed by atoms with van der Waals surface area (Å²) in [6, 6.07) is 5.15. The molecule has 0 aliphatic heterocycles. The fourth-order valence-corrected chi connectivity index (χ4v) is 2.89. The Morgan fingerprint density at radius 2 is 1.71 bits per heavy atom. The van der Waals surface area contributed by atoms with Gasteiger partial charge in [0.15, 0.2) is 5.16 Å². The van der Waals surface area contributed by atoms with E-state index in [1.165, 1.54) is 11.8 Å².